The molecule has 26 heavy (non-hydrogen) atoms. The fourth-order valence-electron chi connectivity index (χ4n) is 4.82. The molecule has 2 aliphatic rings. The Morgan fingerprint density at radius 1 is 1.38 bits per heavy atom. The lowest BCUT2D eigenvalue weighted by Gasteiger charge is -2.40. The number of aromatic nitrogens is 1. The van der Waals surface area contributed by atoms with E-state index in [1.165, 1.54) is 0 Å². The molecule has 4 rings (SSSR count). The Hall–Kier alpha value is -2.14. The lowest BCUT2D eigenvalue weighted by atomic mass is 9.69. The average molecular weight is 354 g/mol. The Labute approximate surface area is 154 Å². The summed E-state index contributed by atoms with van der Waals surface area (Å²) in [4.78, 5) is 19.6. The van der Waals surface area contributed by atoms with E-state index in [9.17, 15) is 9.90 Å². The highest BCUT2D eigenvalue weighted by molar-refractivity contribution is 5.97. The average Bonchev–Trinajstić information content (AvgIpc) is 3.12. The molecule has 5 nitrogen and oxygen atoms in total. The van der Waals surface area contributed by atoms with Crippen LogP contribution in [-0.4, -0.2) is 46.7 Å². The van der Waals surface area contributed by atoms with Crippen molar-refractivity contribution in [3.63, 3.8) is 0 Å². The Balaban J connectivity index is 1.63. The number of methoxy groups -OCH3 is 1. The third kappa shape index (κ3) is 2.75. The molecule has 3 atom stereocenters. The van der Waals surface area contributed by atoms with Gasteiger partial charge in [0.1, 0.15) is 11.4 Å². The molecule has 2 heterocycles. The number of ether oxygens (including phenoxy) is 1. The Kier molecular flexibility index (Phi) is 4.35. The molecule has 0 radical (unpaired) electrons. The van der Waals surface area contributed by atoms with Crippen LogP contribution in [0.25, 0.3) is 10.9 Å². The van der Waals surface area contributed by atoms with Gasteiger partial charge in [-0.1, -0.05) is 25.5 Å². The smallest absolute Gasteiger partial charge is 0.272 e. The van der Waals surface area contributed by atoms with E-state index in [2.05, 4.69) is 4.98 Å². The maximum absolute atomic E-state index is 13.1. The van der Waals surface area contributed by atoms with Crippen LogP contribution in [0, 0.1) is 11.8 Å². The Bertz CT molecular complexity index is 837. The summed E-state index contributed by atoms with van der Waals surface area (Å²) in [5.74, 6) is 1.16. The third-order valence-electron chi connectivity index (χ3n) is 6.33. The molecule has 2 aromatic rings. The second-order valence-corrected chi connectivity index (χ2v) is 7.65. The van der Waals surface area contributed by atoms with Crippen molar-refractivity contribution in [3.8, 4) is 5.75 Å². The number of amides is 1. The summed E-state index contributed by atoms with van der Waals surface area (Å²) in [6.45, 7) is 3.37. The summed E-state index contributed by atoms with van der Waals surface area (Å²) < 4.78 is 5.48. The number of carbonyl (C=O) groups is 1. The number of benzene rings is 1. The van der Waals surface area contributed by atoms with Gasteiger partial charge >= 0.3 is 0 Å². The normalized spacial score (nSPS) is 28.2. The molecule has 1 saturated heterocycles. The minimum absolute atomic E-state index is 0.0677. The van der Waals surface area contributed by atoms with E-state index >= 15 is 0 Å². The number of carbonyl (C=O) groups excluding carboxylic acids is 1. The van der Waals surface area contributed by atoms with Crippen molar-refractivity contribution in [3.05, 3.63) is 36.0 Å². The van der Waals surface area contributed by atoms with Gasteiger partial charge in [-0.15, -0.1) is 0 Å². The minimum Gasteiger partial charge on any atom is -0.496 e. The zero-order chi connectivity index (χ0) is 18.3. The highest BCUT2D eigenvalue weighted by atomic mass is 16.5. The Morgan fingerprint density at radius 2 is 2.19 bits per heavy atom. The van der Waals surface area contributed by atoms with Crippen molar-refractivity contribution < 1.29 is 14.6 Å². The van der Waals surface area contributed by atoms with Gasteiger partial charge in [0.15, 0.2) is 0 Å². The van der Waals surface area contributed by atoms with Crippen LogP contribution in [0.15, 0.2) is 30.3 Å². The molecule has 1 amide bonds. The monoisotopic (exact) mass is 354 g/mol. The lowest BCUT2D eigenvalue weighted by molar-refractivity contribution is -0.0609. The Morgan fingerprint density at radius 3 is 2.96 bits per heavy atom. The third-order valence-corrected chi connectivity index (χ3v) is 6.33. The first-order chi connectivity index (χ1) is 12.6. The molecular formula is C21H26N2O3. The molecule has 1 N–H and O–H groups in total. The van der Waals surface area contributed by atoms with Crippen LogP contribution < -0.4 is 4.74 Å². The molecule has 0 spiro atoms. The van der Waals surface area contributed by atoms with Gasteiger partial charge in [0.05, 0.1) is 18.2 Å². The quantitative estimate of drug-likeness (QED) is 0.919. The van der Waals surface area contributed by atoms with E-state index in [4.69, 9.17) is 4.74 Å². The van der Waals surface area contributed by atoms with Crippen molar-refractivity contribution >= 4 is 16.8 Å². The molecular weight excluding hydrogens is 328 g/mol. The van der Waals surface area contributed by atoms with Gasteiger partial charge in [-0.25, -0.2) is 4.98 Å². The van der Waals surface area contributed by atoms with Gasteiger partial charge in [-0.05, 0) is 37.3 Å². The number of para-hydroxylation sites is 1. The molecule has 0 unspecified atom stereocenters. The predicted molar refractivity (Wildman–Crippen MR) is 100 cm³/mol. The fraction of sp³-hybridized carbons (Fsp3) is 0.524. The zero-order valence-electron chi connectivity index (χ0n) is 15.4. The molecule has 0 bridgehead atoms. The van der Waals surface area contributed by atoms with Crippen LogP contribution in [0.3, 0.4) is 0 Å². The highest BCUT2D eigenvalue weighted by Crippen LogP contribution is 2.44. The van der Waals surface area contributed by atoms with E-state index in [0.717, 1.165) is 36.6 Å². The number of likely N-dealkylation sites (tertiary alicyclic amines) is 1. The van der Waals surface area contributed by atoms with Gasteiger partial charge in [-0.2, -0.15) is 0 Å². The molecule has 5 heteroatoms. The molecule has 1 saturated carbocycles. The number of hydrogen-bond donors (Lipinski definition) is 1. The van der Waals surface area contributed by atoms with Crippen molar-refractivity contribution in [1.82, 2.24) is 9.88 Å². The van der Waals surface area contributed by atoms with Crippen LogP contribution in [0.2, 0.25) is 0 Å². The standard InChI is InChI=1S/C21H26N2O3/c1-3-21(25)10-6-7-14-12-23(13-16(14)21)20(24)18-11-19(26-2)15-8-4-5-9-17(15)22-18/h4-5,8-9,11,14,16,25H,3,6-7,10,12-13H2,1-2H3/t14-,16+,21-/m0/s1. The maximum Gasteiger partial charge on any atom is 0.272 e. The van der Waals surface area contributed by atoms with Gasteiger partial charge < -0.3 is 14.7 Å². The summed E-state index contributed by atoms with van der Waals surface area (Å²) in [6, 6.07) is 9.42. The van der Waals surface area contributed by atoms with Crippen LogP contribution in [0.4, 0.5) is 0 Å². The van der Waals surface area contributed by atoms with E-state index in [1.807, 2.05) is 36.1 Å². The number of nitrogens with zero attached hydrogens (tertiary/aromatic N) is 2. The molecule has 1 aliphatic carbocycles. The van der Waals surface area contributed by atoms with Gasteiger partial charge in [0, 0.05) is 30.5 Å². The van der Waals surface area contributed by atoms with E-state index in [-0.39, 0.29) is 11.8 Å². The molecule has 1 aromatic heterocycles. The second kappa shape index (κ2) is 6.54. The summed E-state index contributed by atoms with van der Waals surface area (Å²) in [7, 11) is 1.61. The summed E-state index contributed by atoms with van der Waals surface area (Å²) in [6.07, 6.45) is 3.72. The van der Waals surface area contributed by atoms with Gasteiger partial charge in [0.25, 0.3) is 5.91 Å². The predicted octanol–water partition coefficient (Wildman–Crippen LogP) is 3.26. The van der Waals surface area contributed by atoms with Crippen molar-refractivity contribution in [2.24, 2.45) is 11.8 Å². The summed E-state index contributed by atoms with van der Waals surface area (Å²) >= 11 is 0. The van der Waals surface area contributed by atoms with Gasteiger partial charge in [0.2, 0.25) is 0 Å². The van der Waals surface area contributed by atoms with Crippen LogP contribution in [0.1, 0.15) is 43.1 Å². The first-order valence-electron chi connectivity index (χ1n) is 9.51. The molecule has 1 aromatic carbocycles. The van der Waals surface area contributed by atoms with Crippen LogP contribution in [0.5, 0.6) is 5.75 Å². The minimum atomic E-state index is -0.632. The van der Waals surface area contributed by atoms with Crippen molar-refractivity contribution in [2.45, 2.75) is 38.2 Å². The van der Waals surface area contributed by atoms with E-state index in [0.29, 0.717) is 30.5 Å². The van der Waals surface area contributed by atoms with Crippen molar-refractivity contribution in [2.75, 3.05) is 20.2 Å². The second-order valence-electron chi connectivity index (χ2n) is 7.65. The van der Waals surface area contributed by atoms with Crippen LogP contribution >= 0.6 is 0 Å². The summed E-state index contributed by atoms with van der Waals surface area (Å²) in [5, 5.41) is 11.9. The number of pyridine rings is 1. The molecule has 2 fully saturated rings. The van der Waals surface area contributed by atoms with Gasteiger partial charge in [-0.3, -0.25) is 4.79 Å². The zero-order valence-corrected chi connectivity index (χ0v) is 15.4. The topological polar surface area (TPSA) is 62.7 Å². The lowest BCUT2D eigenvalue weighted by Crippen LogP contribution is -2.44. The largest absolute Gasteiger partial charge is 0.496 e. The highest BCUT2D eigenvalue weighted by Gasteiger charge is 2.48. The first-order valence-corrected chi connectivity index (χ1v) is 9.51. The van der Waals surface area contributed by atoms with Crippen LogP contribution in [-0.2, 0) is 0 Å². The first kappa shape index (κ1) is 17.3. The number of rotatable bonds is 3. The van der Waals surface area contributed by atoms with Crippen molar-refractivity contribution in [1.29, 1.82) is 0 Å². The molecule has 138 valence electrons. The van der Waals surface area contributed by atoms with E-state index < -0.39 is 5.60 Å². The number of fused-ring (bicyclic) bond motifs is 2. The van der Waals surface area contributed by atoms with E-state index in [1.54, 1.807) is 13.2 Å². The molecule has 1 aliphatic heterocycles. The SMILES string of the molecule is CC[C@]1(O)CCC[C@H]2CN(C(=O)c3cc(OC)c4ccccc4n3)C[C@H]21. The number of hydrogen-bond acceptors (Lipinski definition) is 4. The maximum atomic E-state index is 13.1. The summed E-state index contributed by atoms with van der Waals surface area (Å²) in [5.41, 5.74) is 0.544. The number of aliphatic hydroxyl groups is 1. The fourth-order valence-corrected chi connectivity index (χ4v) is 4.82.